The molecule has 0 aliphatic carbocycles. The summed E-state index contributed by atoms with van der Waals surface area (Å²) in [5, 5.41) is 0. The lowest BCUT2D eigenvalue weighted by atomic mass is 10.3. The van der Waals surface area contributed by atoms with Crippen LogP contribution in [0, 0.1) is 5.82 Å². The summed E-state index contributed by atoms with van der Waals surface area (Å²) >= 11 is 0. The highest BCUT2D eigenvalue weighted by atomic mass is 19.1. The highest BCUT2D eigenvalue weighted by molar-refractivity contribution is 5.75. The normalized spacial score (nSPS) is 20.7. The lowest BCUT2D eigenvalue weighted by Gasteiger charge is -2.10. The fourth-order valence-electron chi connectivity index (χ4n) is 2.15. The number of aromatic nitrogens is 2. The molecule has 1 aliphatic heterocycles. The second-order valence-electron chi connectivity index (χ2n) is 3.93. The SMILES string of the molecule is O=c1[nH]c2cc(F)ccc2n1C1CCCO1. The third-order valence-electron chi connectivity index (χ3n) is 2.87. The first-order valence-electron chi connectivity index (χ1n) is 5.27. The molecule has 0 amide bonds. The third-order valence-corrected chi connectivity index (χ3v) is 2.87. The molecule has 0 spiro atoms. The van der Waals surface area contributed by atoms with Crippen molar-refractivity contribution in [2.24, 2.45) is 0 Å². The number of hydrogen-bond acceptors (Lipinski definition) is 2. The molecule has 84 valence electrons. The van der Waals surface area contributed by atoms with E-state index in [1.54, 1.807) is 10.6 Å². The Balaban J connectivity index is 2.23. The van der Waals surface area contributed by atoms with Crippen molar-refractivity contribution in [1.29, 1.82) is 0 Å². The highest BCUT2D eigenvalue weighted by Crippen LogP contribution is 2.25. The number of fused-ring (bicyclic) bond motifs is 1. The molecule has 0 radical (unpaired) electrons. The first-order chi connectivity index (χ1) is 7.75. The van der Waals surface area contributed by atoms with Crippen LogP contribution in [0.5, 0.6) is 0 Å². The van der Waals surface area contributed by atoms with E-state index in [1.165, 1.54) is 12.1 Å². The summed E-state index contributed by atoms with van der Waals surface area (Å²) in [6, 6.07) is 4.27. The summed E-state index contributed by atoms with van der Waals surface area (Å²) in [5.74, 6) is -0.353. The van der Waals surface area contributed by atoms with E-state index in [9.17, 15) is 9.18 Å². The van der Waals surface area contributed by atoms with E-state index < -0.39 is 0 Å². The second-order valence-corrected chi connectivity index (χ2v) is 3.93. The molecular formula is C11H11FN2O2. The van der Waals surface area contributed by atoms with Gasteiger partial charge in [-0.3, -0.25) is 4.57 Å². The van der Waals surface area contributed by atoms with Crippen LogP contribution in [0.2, 0.25) is 0 Å². The summed E-state index contributed by atoms with van der Waals surface area (Å²) in [5.41, 5.74) is 0.964. The van der Waals surface area contributed by atoms with Gasteiger partial charge < -0.3 is 9.72 Å². The molecule has 5 heteroatoms. The van der Waals surface area contributed by atoms with Gasteiger partial charge in [0.25, 0.3) is 0 Å². The van der Waals surface area contributed by atoms with Crippen LogP contribution in [0.25, 0.3) is 11.0 Å². The van der Waals surface area contributed by atoms with Crippen LogP contribution >= 0.6 is 0 Å². The van der Waals surface area contributed by atoms with Gasteiger partial charge in [-0.15, -0.1) is 0 Å². The van der Waals surface area contributed by atoms with E-state index in [4.69, 9.17) is 4.74 Å². The summed E-state index contributed by atoms with van der Waals surface area (Å²) in [7, 11) is 0. The van der Waals surface area contributed by atoms with Gasteiger partial charge >= 0.3 is 5.69 Å². The van der Waals surface area contributed by atoms with Gasteiger partial charge in [-0.05, 0) is 31.0 Å². The maximum Gasteiger partial charge on any atom is 0.328 e. The predicted octanol–water partition coefficient (Wildman–Crippen LogP) is 1.78. The quantitative estimate of drug-likeness (QED) is 0.799. The molecule has 1 fully saturated rings. The average molecular weight is 222 g/mol. The second kappa shape index (κ2) is 3.45. The number of rotatable bonds is 1. The Morgan fingerprint density at radius 3 is 3.12 bits per heavy atom. The Kier molecular flexibility index (Phi) is 2.07. The van der Waals surface area contributed by atoms with E-state index in [2.05, 4.69) is 4.98 Å². The first kappa shape index (κ1) is 9.59. The fraction of sp³-hybridized carbons (Fsp3) is 0.364. The van der Waals surface area contributed by atoms with Crippen LogP contribution in [0.1, 0.15) is 19.1 Å². The van der Waals surface area contributed by atoms with Crippen molar-refractivity contribution in [3.63, 3.8) is 0 Å². The molecule has 2 heterocycles. The summed E-state index contributed by atoms with van der Waals surface area (Å²) in [6.45, 7) is 0.672. The number of aromatic amines is 1. The molecule has 1 unspecified atom stereocenters. The number of ether oxygens (including phenoxy) is 1. The largest absolute Gasteiger partial charge is 0.358 e. The molecule has 4 nitrogen and oxygen atoms in total. The predicted molar refractivity (Wildman–Crippen MR) is 56.7 cm³/mol. The number of nitrogens with one attached hydrogen (secondary N) is 1. The Hall–Kier alpha value is -1.62. The van der Waals surface area contributed by atoms with Gasteiger partial charge in [-0.25, -0.2) is 9.18 Å². The van der Waals surface area contributed by atoms with Crippen LogP contribution in [-0.4, -0.2) is 16.2 Å². The van der Waals surface area contributed by atoms with Crippen LogP contribution in [0.3, 0.4) is 0 Å². The number of hydrogen-bond donors (Lipinski definition) is 1. The smallest absolute Gasteiger partial charge is 0.328 e. The number of benzene rings is 1. The number of H-pyrrole nitrogens is 1. The van der Waals surface area contributed by atoms with Crippen molar-refractivity contribution >= 4 is 11.0 Å². The van der Waals surface area contributed by atoms with Crippen molar-refractivity contribution in [3.8, 4) is 0 Å². The lowest BCUT2D eigenvalue weighted by molar-refractivity contribution is 0.0573. The zero-order valence-electron chi connectivity index (χ0n) is 8.57. The van der Waals surface area contributed by atoms with Gasteiger partial charge in [-0.2, -0.15) is 0 Å². The maximum absolute atomic E-state index is 13.0. The molecule has 3 rings (SSSR count). The van der Waals surface area contributed by atoms with E-state index in [1.807, 2.05) is 0 Å². The summed E-state index contributed by atoms with van der Waals surface area (Å²) in [6.07, 6.45) is 1.56. The van der Waals surface area contributed by atoms with Gasteiger partial charge in [0.2, 0.25) is 0 Å². The minimum Gasteiger partial charge on any atom is -0.358 e. The molecule has 1 atom stereocenters. The molecule has 1 aromatic carbocycles. The van der Waals surface area contributed by atoms with Crippen LogP contribution in [-0.2, 0) is 4.74 Å². The van der Waals surface area contributed by atoms with Crippen LogP contribution in [0.4, 0.5) is 4.39 Å². The van der Waals surface area contributed by atoms with Gasteiger partial charge in [0.15, 0.2) is 0 Å². The monoisotopic (exact) mass is 222 g/mol. The minimum absolute atomic E-state index is 0.216. The van der Waals surface area contributed by atoms with Crippen molar-refractivity contribution in [2.75, 3.05) is 6.61 Å². The molecule has 1 N–H and O–H groups in total. The van der Waals surface area contributed by atoms with Crippen molar-refractivity contribution in [3.05, 3.63) is 34.5 Å². The number of nitrogens with zero attached hydrogens (tertiary/aromatic N) is 1. The Labute approximate surface area is 90.6 Å². The fourth-order valence-corrected chi connectivity index (χ4v) is 2.15. The topological polar surface area (TPSA) is 47.0 Å². The van der Waals surface area contributed by atoms with Crippen molar-refractivity contribution in [1.82, 2.24) is 9.55 Å². The Morgan fingerprint density at radius 1 is 1.50 bits per heavy atom. The summed E-state index contributed by atoms with van der Waals surface area (Å²) in [4.78, 5) is 14.4. The Bertz CT molecular complexity index is 581. The first-order valence-corrected chi connectivity index (χ1v) is 5.27. The van der Waals surface area contributed by atoms with Gasteiger partial charge in [-0.1, -0.05) is 0 Å². The zero-order chi connectivity index (χ0) is 11.1. The van der Waals surface area contributed by atoms with Gasteiger partial charge in [0, 0.05) is 6.61 Å². The van der Waals surface area contributed by atoms with Crippen LogP contribution < -0.4 is 5.69 Å². The van der Waals surface area contributed by atoms with E-state index >= 15 is 0 Å². The highest BCUT2D eigenvalue weighted by Gasteiger charge is 2.21. The molecule has 16 heavy (non-hydrogen) atoms. The molecule has 0 bridgehead atoms. The molecule has 1 aromatic heterocycles. The minimum atomic E-state index is -0.353. The average Bonchev–Trinajstić information content (AvgIpc) is 2.83. The van der Waals surface area contributed by atoms with Crippen molar-refractivity contribution < 1.29 is 9.13 Å². The molecule has 1 saturated heterocycles. The van der Waals surface area contributed by atoms with E-state index in [0.717, 1.165) is 12.8 Å². The lowest BCUT2D eigenvalue weighted by Crippen LogP contribution is -2.21. The zero-order valence-corrected chi connectivity index (χ0v) is 8.57. The number of halogens is 1. The maximum atomic E-state index is 13.0. The molecular weight excluding hydrogens is 211 g/mol. The van der Waals surface area contributed by atoms with Gasteiger partial charge in [0.1, 0.15) is 12.0 Å². The molecule has 1 aliphatic rings. The van der Waals surface area contributed by atoms with Crippen LogP contribution in [0.15, 0.2) is 23.0 Å². The third kappa shape index (κ3) is 1.36. The van der Waals surface area contributed by atoms with Gasteiger partial charge in [0.05, 0.1) is 11.0 Å². The number of imidazole rings is 1. The summed E-state index contributed by atoms with van der Waals surface area (Å²) < 4.78 is 20.0. The molecule has 2 aromatic rings. The standard InChI is InChI=1S/C11H11FN2O2/c12-7-3-4-9-8(6-7)13-11(15)14(9)10-2-1-5-16-10/h3-4,6,10H,1-2,5H2,(H,13,15). The molecule has 0 saturated carbocycles. The van der Waals surface area contributed by atoms with Crippen molar-refractivity contribution in [2.45, 2.75) is 19.1 Å². The van der Waals surface area contributed by atoms with E-state index in [-0.39, 0.29) is 17.7 Å². The van der Waals surface area contributed by atoms with E-state index in [0.29, 0.717) is 17.6 Å². The Morgan fingerprint density at radius 2 is 2.38 bits per heavy atom.